The van der Waals surface area contributed by atoms with E-state index >= 15 is 0 Å². The molecule has 0 heterocycles. The van der Waals surface area contributed by atoms with E-state index in [1.54, 1.807) is 0 Å². The number of nitrogens with zero attached hydrogens (tertiary/aromatic N) is 1. The van der Waals surface area contributed by atoms with E-state index in [4.69, 9.17) is 10.5 Å². The second-order valence-electron chi connectivity index (χ2n) is 6.70. The minimum atomic E-state index is -0.564. The van der Waals surface area contributed by atoms with Gasteiger partial charge >= 0.3 is 6.09 Å². The zero-order chi connectivity index (χ0) is 16.8. The van der Waals surface area contributed by atoms with Gasteiger partial charge < -0.3 is 21.1 Å². The predicted molar refractivity (Wildman–Crippen MR) is 105 cm³/mol. The van der Waals surface area contributed by atoms with E-state index in [2.05, 4.69) is 15.6 Å². The van der Waals surface area contributed by atoms with Crippen LogP contribution in [0.5, 0.6) is 0 Å². The fourth-order valence-corrected chi connectivity index (χ4v) is 1.61. The maximum atomic E-state index is 11.8. The largest absolute Gasteiger partial charge is 0.444 e. The number of carbonyl (C=O) groups is 1. The fourth-order valence-electron chi connectivity index (χ4n) is 1.61. The van der Waals surface area contributed by atoms with E-state index in [-0.39, 0.29) is 24.0 Å². The Morgan fingerprint density at radius 2 is 1.74 bits per heavy atom. The first-order valence-corrected chi connectivity index (χ1v) is 7.21. The van der Waals surface area contributed by atoms with Crippen molar-refractivity contribution in [3.05, 3.63) is 30.3 Å². The van der Waals surface area contributed by atoms with Crippen molar-refractivity contribution in [3.63, 3.8) is 0 Å². The van der Waals surface area contributed by atoms with Crippen LogP contribution in [0.15, 0.2) is 35.3 Å². The van der Waals surface area contributed by atoms with Gasteiger partial charge in [0.15, 0.2) is 5.96 Å². The smallest absolute Gasteiger partial charge is 0.408 e. The topological polar surface area (TPSA) is 88.7 Å². The summed E-state index contributed by atoms with van der Waals surface area (Å²) in [6, 6.07) is 9.53. The number of guanidine groups is 1. The Labute approximate surface area is 155 Å². The number of alkyl carbamates (subject to hydrolysis) is 1. The average Bonchev–Trinajstić information content (AvgIpc) is 2.34. The van der Waals surface area contributed by atoms with Crippen molar-refractivity contribution >= 4 is 41.7 Å². The Morgan fingerprint density at radius 1 is 1.17 bits per heavy atom. The standard InChI is InChI=1S/C16H26N4O2.HI/c1-15(2,3)22-14(21)20-16(4,5)11-18-13(17)19-12-9-7-6-8-10-12;/h6-10H,11H2,1-5H3,(H,20,21)(H3,17,18,19);1H. The molecule has 0 aliphatic carbocycles. The van der Waals surface area contributed by atoms with E-state index in [9.17, 15) is 4.79 Å². The predicted octanol–water partition coefficient (Wildman–Crippen LogP) is 3.33. The lowest BCUT2D eigenvalue weighted by Crippen LogP contribution is -2.48. The molecule has 130 valence electrons. The average molecular weight is 434 g/mol. The number of anilines is 1. The van der Waals surface area contributed by atoms with Gasteiger partial charge in [0.05, 0.1) is 12.1 Å². The van der Waals surface area contributed by atoms with E-state index in [1.807, 2.05) is 65.0 Å². The number of carbonyl (C=O) groups excluding carboxylic acids is 1. The highest BCUT2D eigenvalue weighted by atomic mass is 127. The number of nitrogens with two attached hydrogens (primary N) is 1. The molecule has 0 aliphatic heterocycles. The minimum Gasteiger partial charge on any atom is -0.444 e. The highest BCUT2D eigenvalue weighted by Crippen LogP contribution is 2.10. The number of rotatable bonds is 4. The summed E-state index contributed by atoms with van der Waals surface area (Å²) in [6.07, 6.45) is -0.470. The second kappa shape index (κ2) is 8.95. The van der Waals surface area contributed by atoms with Gasteiger partial charge in [0.1, 0.15) is 5.60 Å². The van der Waals surface area contributed by atoms with Crippen LogP contribution in [0.25, 0.3) is 0 Å². The first-order valence-electron chi connectivity index (χ1n) is 7.21. The van der Waals surface area contributed by atoms with Crippen molar-refractivity contribution in [3.8, 4) is 0 Å². The van der Waals surface area contributed by atoms with Gasteiger partial charge in [-0.3, -0.25) is 4.99 Å². The Morgan fingerprint density at radius 3 is 2.26 bits per heavy atom. The fraction of sp³-hybridized carbons (Fsp3) is 0.500. The normalized spacial score (nSPS) is 12.1. The molecule has 0 bridgehead atoms. The van der Waals surface area contributed by atoms with Gasteiger partial charge in [-0.05, 0) is 46.8 Å². The van der Waals surface area contributed by atoms with E-state index in [1.165, 1.54) is 0 Å². The van der Waals surface area contributed by atoms with Crippen molar-refractivity contribution < 1.29 is 9.53 Å². The molecular formula is C16H27IN4O2. The molecule has 1 aromatic rings. The molecule has 4 N–H and O–H groups in total. The zero-order valence-corrected chi connectivity index (χ0v) is 16.7. The molecule has 0 saturated carbocycles. The molecule has 0 unspecified atom stereocenters. The third-order valence-corrected chi connectivity index (χ3v) is 2.53. The van der Waals surface area contributed by atoms with Gasteiger partial charge in [-0.2, -0.15) is 0 Å². The van der Waals surface area contributed by atoms with Gasteiger partial charge in [0.25, 0.3) is 0 Å². The van der Waals surface area contributed by atoms with Crippen molar-refractivity contribution in [1.29, 1.82) is 0 Å². The summed E-state index contributed by atoms with van der Waals surface area (Å²) in [5.74, 6) is 0.297. The molecule has 0 saturated heterocycles. The maximum absolute atomic E-state index is 11.8. The van der Waals surface area contributed by atoms with Crippen LogP contribution in [0.4, 0.5) is 10.5 Å². The van der Waals surface area contributed by atoms with Crippen LogP contribution >= 0.6 is 24.0 Å². The molecule has 0 atom stereocenters. The first kappa shape index (κ1) is 21.5. The molecule has 0 radical (unpaired) electrons. The number of nitrogens with one attached hydrogen (secondary N) is 2. The Kier molecular flexibility index (Phi) is 8.36. The molecule has 23 heavy (non-hydrogen) atoms. The molecule has 7 heteroatoms. The second-order valence-corrected chi connectivity index (χ2v) is 6.70. The van der Waals surface area contributed by atoms with Crippen LogP contribution in [0.2, 0.25) is 0 Å². The van der Waals surface area contributed by atoms with Gasteiger partial charge in [0, 0.05) is 5.69 Å². The van der Waals surface area contributed by atoms with Crippen LogP contribution in [-0.4, -0.2) is 29.7 Å². The summed E-state index contributed by atoms with van der Waals surface area (Å²) in [7, 11) is 0. The zero-order valence-electron chi connectivity index (χ0n) is 14.3. The number of aliphatic imine (C=N–C) groups is 1. The summed E-state index contributed by atoms with van der Waals surface area (Å²) < 4.78 is 5.23. The minimum absolute atomic E-state index is 0. The summed E-state index contributed by atoms with van der Waals surface area (Å²) in [5, 5.41) is 5.77. The summed E-state index contributed by atoms with van der Waals surface area (Å²) >= 11 is 0. The van der Waals surface area contributed by atoms with Gasteiger partial charge in [-0.15, -0.1) is 24.0 Å². The quantitative estimate of drug-likeness (QED) is 0.385. The summed E-state index contributed by atoms with van der Waals surface area (Å²) in [6.45, 7) is 9.50. The lowest BCUT2D eigenvalue weighted by Gasteiger charge is -2.27. The number of halogens is 1. The molecule has 1 aromatic carbocycles. The molecule has 1 amide bonds. The number of para-hydroxylation sites is 1. The Balaban J connectivity index is 0.00000484. The monoisotopic (exact) mass is 434 g/mol. The number of amides is 1. The molecule has 6 nitrogen and oxygen atoms in total. The lowest BCUT2D eigenvalue weighted by atomic mass is 10.1. The van der Waals surface area contributed by atoms with Crippen LogP contribution < -0.4 is 16.4 Å². The van der Waals surface area contributed by atoms with Crippen LogP contribution in [-0.2, 0) is 4.74 Å². The van der Waals surface area contributed by atoms with E-state index < -0.39 is 17.2 Å². The molecule has 1 rings (SSSR count). The van der Waals surface area contributed by atoms with Crippen molar-refractivity contribution in [2.45, 2.75) is 45.8 Å². The van der Waals surface area contributed by atoms with E-state index in [0.717, 1.165) is 5.69 Å². The van der Waals surface area contributed by atoms with Gasteiger partial charge in [-0.25, -0.2) is 4.79 Å². The van der Waals surface area contributed by atoms with E-state index in [0.29, 0.717) is 12.5 Å². The number of hydrogen-bond acceptors (Lipinski definition) is 3. The first-order chi connectivity index (χ1) is 10.1. The Bertz CT molecular complexity index is 525. The van der Waals surface area contributed by atoms with Crippen molar-refractivity contribution in [1.82, 2.24) is 5.32 Å². The lowest BCUT2D eigenvalue weighted by molar-refractivity contribution is 0.0476. The third kappa shape index (κ3) is 9.98. The van der Waals surface area contributed by atoms with Crippen LogP contribution in [0.3, 0.4) is 0 Å². The SMILES string of the molecule is CC(C)(CN=C(N)Nc1ccccc1)NC(=O)OC(C)(C)C.I. The molecule has 0 spiro atoms. The summed E-state index contributed by atoms with van der Waals surface area (Å²) in [4.78, 5) is 16.0. The molecular weight excluding hydrogens is 407 g/mol. The van der Waals surface area contributed by atoms with Crippen molar-refractivity contribution in [2.24, 2.45) is 10.7 Å². The Hall–Kier alpha value is -1.51. The van der Waals surface area contributed by atoms with Gasteiger partial charge in [-0.1, -0.05) is 18.2 Å². The number of ether oxygens (including phenoxy) is 1. The molecule has 0 aliphatic rings. The maximum Gasteiger partial charge on any atom is 0.408 e. The van der Waals surface area contributed by atoms with Crippen LogP contribution in [0, 0.1) is 0 Å². The number of hydrogen-bond donors (Lipinski definition) is 3. The van der Waals surface area contributed by atoms with Crippen LogP contribution in [0.1, 0.15) is 34.6 Å². The molecule has 0 fully saturated rings. The highest BCUT2D eigenvalue weighted by Gasteiger charge is 2.24. The summed E-state index contributed by atoms with van der Waals surface area (Å²) in [5.41, 5.74) is 5.61. The highest BCUT2D eigenvalue weighted by molar-refractivity contribution is 14.0. The van der Waals surface area contributed by atoms with Gasteiger partial charge in [0.2, 0.25) is 0 Å². The van der Waals surface area contributed by atoms with Crippen molar-refractivity contribution in [2.75, 3.05) is 11.9 Å². The third-order valence-electron chi connectivity index (χ3n) is 2.53. The molecule has 0 aromatic heterocycles. The number of benzene rings is 1.